The van der Waals surface area contributed by atoms with E-state index in [1.54, 1.807) is 0 Å². The number of hydrogen-bond donors (Lipinski definition) is 1. The van der Waals surface area contributed by atoms with Crippen LogP contribution in [0, 0.1) is 0 Å². The lowest BCUT2D eigenvalue weighted by atomic mass is 10.2. The summed E-state index contributed by atoms with van der Waals surface area (Å²) >= 11 is 0. The van der Waals surface area contributed by atoms with Gasteiger partial charge in [-0.05, 0) is 12.1 Å². The van der Waals surface area contributed by atoms with Crippen LogP contribution in [0.25, 0.3) is 10.9 Å². The van der Waals surface area contributed by atoms with Crippen molar-refractivity contribution in [3.05, 3.63) is 42.6 Å². The summed E-state index contributed by atoms with van der Waals surface area (Å²) in [6.45, 7) is 0.833. The number of fused-ring (bicyclic) bond motifs is 1. The van der Waals surface area contributed by atoms with Gasteiger partial charge in [-0.1, -0.05) is 12.1 Å². The molecule has 0 amide bonds. The summed E-state index contributed by atoms with van der Waals surface area (Å²) in [5.41, 5.74) is 1.17. The summed E-state index contributed by atoms with van der Waals surface area (Å²) in [5.74, 6) is 0. The van der Waals surface area contributed by atoms with Gasteiger partial charge in [0, 0.05) is 17.5 Å². The van der Waals surface area contributed by atoms with Gasteiger partial charge in [-0.25, -0.2) is 0 Å². The minimum absolute atomic E-state index is 0.179. The van der Waals surface area contributed by atoms with E-state index in [9.17, 15) is 0 Å². The van der Waals surface area contributed by atoms with Crippen LogP contribution < -0.4 is 4.57 Å². The van der Waals surface area contributed by atoms with Crippen LogP contribution in [0.3, 0.4) is 0 Å². The van der Waals surface area contributed by atoms with Crippen molar-refractivity contribution >= 4 is 10.9 Å². The molecular weight excluding hydrogens is 162 g/mol. The van der Waals surface area contributed by atoms with Crippen LogP contribution in [0.2, 0.25) is 0 Å². The summed E-state index contributed by atoms with van der Waals surface area (Å²) in [5, 5.41) is 10.1. The predicted octanol–water partition coefficient (Wildman–Crippen LogP) is 1.12. The molecule has 0 aliphatic carbocycles. The van der Waals surface area contributed by atoms with Gasteiger partial charge in [-0.15, -0.1) is 0 Å². The Morgan fingerprint density at radius 2 is 1.85 bits per heavy atom. The quantitative estimate of drug-likeness (QED) is 0.678. The fourth-order valence-electron chi connectivity index (χ4n) is 1.52. The van der Waals surface area contributed by atoms with Gasteiger partial charge in [-0.2, -0.15) is 4.57 Å². The minimum atomic E-state index is 0.179. The third-order valence-electron chi connectivity index (χ3n) is 2.13. The topological polar surface area (TPSA) is 24.1 Å². The number of hydrogen-bond acceptors (Lipinski definition) is 1. The summed E-state index contributed by atoms with van der Waals surface area (Å²) in [6, 6.07) is 12.2. The lowest BCUT2D eigenvalue weighted by molar-refractivity contribution is -0.672. The zero-order valence-corrected chi connectivity index (χ0v) is 7.35. The monoisotopic (exact) mass is 174 g/mol. The highest BCUT2D eigenvalue weighted by molar-refractivity contribution is 5.74. The maximum absolute atomic E-state index is 8.86. The Morgan fingerprint density at radius 1 is 1.08 bits per heavy atom. The Labute approximate surface area is 77.1 Å². The third kappa shape index (κ3) is 1.53. The molecule has 0 aliphatic rings. The molecular formula is C11H12NO+. The van der Waals surface area contributed by atoms with Crippen molar-refractivity contribution in [2.45, 2.75) is 6.54 Å². The molecule has 1 heterocycles. The first kappa shape index (κ1) is 8.20. The van der Waals surface area contributed by atoms with E-state index in [4.69, 9.17) is 5.11 Å². The number of para-hydroxylation sites is 1. The minimum Gasteiger partial charge on any atom is -0.390 e. The van der Waals surface area contributed by atoms with Crippen LogP contribution >= 0.6 is 0 Å². The number of aromatic nitrogens is 1. The average molecular weight is 174 g/mol. The lowest BCUT2D eigenvalue weighted by Gasteiger charge is -1.98. The van der Waals surface area contributed by atoms with E-state index in [2.05, 4.69) is 22.8 Å². The Kier molecular flexibility index (Phi) is 2.23. The SMILES string of the molecule is OCC[n+]1cccc2ccccc21. The van der Waals surface area contributed by atoms with Gasteiger partial charge in [-0.3, -0.25) is 0 Å². The molecule has 0 aliphatic heterocycles. The van der Waals surface area contributed by atoms with Crippen molar-refractivity contribution in [1.82, 2.24) is 0 Å². The zero-order chi connectivity index (χ0) is 9.10. The Bertz CT molecular complexity index is 406. The molecule has 0 saturated carbocycles. The molecule has 2 heteroatoms. The second-order valence-corrected chi connectivity index (χ2v) is 2.98. The van der Waals surface area contributed by atoms with Crippen LogP contribution in [-0.4, -0.2) is 11.7 Å². The van der Waals surface area contributed by atoms with Crippen LogP contribution in [0.1, 0.15) is 0 Å². The molecule has 0 spiro atoms. The molecule has 0 atom stereocenters. The van der Waals surface area contributed by atoms with Gasteiger partial charge in [0.25, 0.3) is 0 Å². The first-order valence-corrected chi connectivity index (χ1v) is 4.40. The Balaban J connectivity index is 2.61. The molecule has 2 aromatic rings. The molecule has 0 radical (unpaired) electrons. The van der Waals surface area contributed by atoms with E-state index < -0.39 is 0 Å². The van der Waals surface area contributed by atoms with Crippen molar-refractivity contribution in [2.75, 3.05) is 6.61 Å². The molecule has 2 nitrogen and oxygen atoms in total. The molecule has 1 N–H and O–H groups in total. The van der Waals surface area contributed by atoms with Crippen molar-refractivity contribution in [3.8, 4) is 0 Å². The third-order valence-corrected chi connectivity index (χ3v) is 2.13. The van der Waals surface area contributed by atoms with Crippen molar-refractivity contribution in [2.24, 2.45) is 0 Å². The van der Waals surface area contributed by atoms with E-state index in [0.29, 0.717) is 6.54 Å². The molecule has 66 valence electrons. The number of aliphatic hydroxyl groups excluding tert-OH is 1. The van der Waals surface area contributed by atoms with E-state index in [-0.39, 0.29) is 6.61 Å². The van der Waals surface area contributed by atoms with Crippen LogP contribution in [-0.2, 0) is 6.54 Å². The summed E-state index contributed by atoms with van der Waals surface area (Å²) in [7, 11) is 0. The van der Waals surface area contributed by atoms with Crippen molar-refractivity contribution in [3.63, 3.8) is 0 Å². The molecule has 0 saturated heterocycles. The van der Waals surface area contributed by atoms with E-state index in [1.165, 1.54) is 10.9 Å². The normalized spacial score (nSPS) is 10.5. The maximum atomic E-state index is 8.86. The Morgan fingerprint density at radius 3 is 2.69 bits per heavy atom. The number of rotatable bonds is 2. The molecule has 13 heavy (non-hydrogen) atoms. The molecule has 0 fully saturated rings. The van der Waals surface area contributed by atoms with Gasteiger partial charge in [0.1, 0.15) is 6.61 Å². The first-order valence-electron chi connectivity index (χ1n) is 4.40. The summed E-state index contributed by atoms with van der Waals surface area (Å²) in [6.07, 6.45) is 1.98. The molecule has 0 unspecified atom stereocenters. The zero-order valence-electron chi connectivity index (χ0n) is 7.35. The highest BCUT2D eigenvalue weighted by Crippen LogP contribution is 2.07. The maximum Gasteiger partial charge on any atom is 0.212 e. The fourth-order valence-corrected chi connectivity index (χ4v) is 1.52. The standard InChI is InChI=1S/C11H12NO/c13-9-8-12-7-3-5-10-4-1-2-6-11(10)12/h1-7,13H,8-9H2/q+1. The number of pyridine rings is 1. The van der Waals surface area contributed by atoms with Crippen molar-refractivity contribution in [1.29, 1.82) is 0 Å². The smallest absolute Gasteiger partial charge is 0.212 e. The highest BCUT2D eigenvalue weighted by Gasteiger charge is 2.04. The first-order chi connectivity index (χ1) is 6.42. The van der Waals surface area contributed by atoms with Crippen LogP contribution in [0.4, 0.5) is 0 Å². The predicted molar refractivity (Wildman–Crippen MR) is 51.2 cm³/mol. The molecule has 1 aromatic carbocycles. The second-order valence-electron chi connectivity index (χ2n) is 2.98. The average Bonchev–Trinajstić information content (AvgIpc) is 2.19. The largest absolute Gasteiger partial charge is 0.390 e. The van der Waals surface area contributed by atoms with E-state index in [1.807, 2.05) is 24.4 Å². The number of nitrogens with zero attached hydrogens (tertiary/aromatic N) is 1. The Hall–Kier alpha value is -1.41. The number of benzene rings is 1. The van der Waals surface area contributed by atoms with Gasteiger partial charge in [0.15, 0.2) is 12.7 Å². The fraction of sp³-hybridized carbons (Fsp3) is 0.182. The van der Waals surface area contributed by atoms with Gasteiger partial charge in [0.05, 0.1) is 0 Å². The summed E-state index contributed by atoms with van der Waals surface area (Å²) < 4.78 is 2.05. The highest BCUT2D eigenvalue weighted by atomic mass is 16.3. The summed E-state index contributed by atoms with van der Waals surface area (Å²) in [4.78, 5) is 0. The second kappa shape index (κ2) is 3.54. The van der Waals surface area contributed by atoms with Crippen LogP contribution in [0.5, 0.6) is 0 Å². The molecule has 0 bridgehead atoms. The van der Waals surface area contributed by atoms with Gasteiger partial charge in [0.2, 0.25) is 5.52 Å². The molecule has 2 rings (SSSR count). The van der Waals surface area contributed by atoms with Gasteiger partial charge >= 0.3 is 0 Å². The van der Waals surface area contributed by atoms with E-state index in [0.717, 1.165) is 0 Å². The van der Waals surface area contributed by atoms with Crippen molar-refractivity contribution < 1.29 is 9.67 Å². The number of aliphatic hydroxyl groups is 1. The lowest BCUT2D eigenvalue weighted by Crippen LogP contribution is -2.35. The van der Waals surface area contributed by atoms with Gasteiger partial charge < -0.3 is 5.11 Å². The van der Waals surface area contributed by atoms with Crippen LogP contribution in [0.15, 0.2) is 42.6 Å². The molecule has 1 aromatic heterocycles. The van der Waals surface area contributed by atoms with E-state index >= 15 is 0 Å².